The van der Waals surface area contributed by atoms with Gasteiger partial charge in [0.1, 0.15) is 5.75 Å². The van der Waals surface area contributed by atoms with E-state index in [9.17, 15) is 14.4 Å². The van der Waals surface area contributed by atoms with Crippen molar-refractivity contribution in [2.24, 2.45) is 0 Å². The standard InChI is InChI=1S/C24H27NO6/c1-29-23(27)18-12-19(24(28)30-2)14-20(13-18)25-22(26)15-31-21-10-8-17(9-11-21)16-6-4-3-5-7-16/h8-14,16H,3-7,15H2,1-2H3,(H,25,26). The van der Waals surface area contributed by atoms with E-state index in [1.54, 1.807) is 0 Å². The van der Waals surface area contributed by atoms with Gasteiger partial charge >= 0.3 is 11.9 Å². The number of nitrogens with one attached hydrogen (secondary N) is 1. The lowest BCUT2D eigenvalue weighted by Gasteiger charge is -2.22. The van der Waals surface area contributed by atoms with Crippen molar-refractivity contribution in [2.75, 3.05) is 26.1 Å². The van der Waals surface area contributed by atoms with Crippen molar-refractivity contribution in [1.82, 2.24) is 0 Å². The molecule has 0 atom stereocenters. The number of rotatable bonds is 7. The first-order valence-electron chi connectivity index (χ1n) is 10.3. The average Bonchev–Trinajstić information content (AvgIpc) is 2.82. The smallest absolute Gasteiger partial charge is 0.337 e. The maximum absolute atomic E-state index is 12.3. The molecule has 2 aromatic carbocycles. The van der Waals surface area contributed by atoms with Gasteiger partial charge in [0.15, 0.2) is 6.61 Å². The minimum atomic E-state index is -0.629. The van der Waals surface area contributed by atoms with Crippen molar-refractivity contribution >= 4 is 23.5 Å². The SMILES string of the molecule is COC(=O)c1cc(NC(=O)COc2ccc(C3CCCCC3)cc2)cc(C(=O)OC)c1. The van der Waals surface area contributed by atoms with E-state index in [1.807, 2.05) is 12.1 Å². The third kappa shape index (κ3) is 6.07. The molecule has 7 heteroatoms. The second-order valence-corrected chi connectivity index (χ2v) is 7.52. The van der Waals surface area contributed by atoms with E-state index in [1.165, 1.54) is 70.1 Å². The van der Waals surface area contributed by atoms with Crippen molar-refractivity contribution < 1.29 is 28.6 Å². The lowest BCUT2D eigenvalue weighted by Crippen LogP contribution is -2.21. The molecule has 164 valence electrons. The van der Waals surface area contributed by atoms with Crippen molar-refractivity contribution in [2.45, 2.75) is 38.0 Å². The highest BCUT2D eigenvalue weighted by Gasteiger charge is 2.16. The molecule has 7 nitrogen and oxygen atoms in total. The third-order valence-electron chi connectivity index (χ3n) is 5.39. The van der Waals surface area contributed by atoms with E-state index < -0.39 is 17.8 Å². The number of ether oxygens (including phenoxy) is 3. The molecule has 1 fully saturated rings. The summed E-state index contributed by atoms with van der Waals surface area (Å²) in [6.07, 6.45) is 6.31. The van der Waals surface area contributed by atoms with Gasteiger partial charge in [0.25, 0.3) is 5.91 Å². The first-order chi connectivity index (χ1) is 15.0. The summed E-state index contributed by atoms with van der Waals surface area (Å²) in [7, 11) is 2.47. The number of hydrogen-bond donors (Lipinski definition) is 1. The van der Waals surface area contributed by atoms with Crippen LogP contribution in [0.1, 0.15) is 64.3 Å². The number of anilines is 1. The number of methoxy groups -OCH3 is 2. The molecule has 1 aliphatic rings. The first-order valence-corrected chi connectivity index (χ1v) is 10.3. The Bertz CT molecular complexity index is 897. The minimum Gasteiger partial charge on any atom is -0.484 e. The highest BCUT2D eigenvalue weighted by molar-refractivity contribution is 5.99. The van der Waals surface area contributed by atoms with Crippen LogP contribution in [-0.4, -0.2) is 38.7 Å². The highest BCUT2D eigenvalue weighted by atomic mass is 16.5. The van der Waals surface area contributed by atoms with E-state index in [0.717, 1.165) is 0 Å². The van der Waals surface area contributed by atoms with Crippen LogP contribution in [0.15, 0.2) is 42.5 Å². The maximum atomic E-state index is 12.3. The van der Waals surface area contributed by atoms with E-state index in [2.05, 4.69) is 17.4 Å². The van der Waals surface area contributed by atoms with E-state index in [4.69, 9.17) is 14.2 Å². The molecule has 3 rings (SSSR count). The van der Waals surface area contributed by atoms with E-state index in [-0.39, 0.29) is 23.4 Å². The van der Waals surface area contributed by atoms with Gasteiger partial charge in [-0.15, -0.1) is 0 Å². The van der Waals surface area contributed by atoms with Crippen LogP contribution < -0.4 is 10.1 Å². The minimum absolute atomic E-state index is 0.125. The second-order valence-electron chi connectivity index (χ2n) is 7.52. The van der Waals surface area contributed by atoms with Crippen molar-refractivity contribution in [1.29, 1.82) is 0 Å². The van der Waals surface area contributed by atoms with Gasteiger partial charge < -0.3 is 19.5 Å². The van der Waals surface area contributed by atoms with Gasteiger partial charge in [-0.3, -0.25) is 4.79 Å². The van der Waals surface area contributed by atoms with Crippen LogP contribution in [0.3, 0.4) is 0 Å². The second kappa shape index (κ2) is 10.6. The lowest BCUT2D eigenvalue weighted by molar-refractivity contribution is -0.118. The topological polar surface area (TPSA) is 90.9 Å². The third-order valence-corrected chi connectivity index (χ3v) is 5.39. The van der Waals surface area contributed by atoms with Gasteiger partial charge in [-0.1, -0.05) is 31.4 Å². The van der Waals surface area contributed by atoms with Crippen LogP contribution in [-0.2, 0) is 14.3 Å². The summed E-state index contributed by atoms with van der Waals surface area (Å²) < 4.78 is 15.0. The Morgan fingerprint density at radius 1 is 0.871 bits per heavy atom. The Hall–Kier alpha value is -3.35. The molecule has 0 spiro atoms. The fourth-order valence-electron chi connectivity index (χ4n) is 3.79. The van der Waals surface area contributed by atoms with Crippen molar-refractivity contribution in [3.63, 3.8) is 0 Å². The zero-order valence-corrected chi connectivity index (χ0v) is 17.8. The quantitative estimate of drug-likeness (QED) is 0.664. The predicted octanol–water partition coefficient (Wildman–Crippen LogP) is 4.33. The summed E-state index contributed by atoms with van der Waals surface area (Å²) in [5.41, 5.74) is 1.83. The highest BCUT2D eigenvalue weighted by Crippen LogP contribution is 2.33. The zero-order chi connectivity index (χ0) is 22.2. The molecule has 0 radical (unpaired) electrons. The Labute approximate surface area is 181 Å². The van der Waals surface area contributed by atoms with Gasteiger partial charge in [-0.25, -0.2) is 9.59 Å². The van der Waals surface area contributed by atoms with Crippen LogP contribution >= 0.6 is 0 Å². The van der Waals surface area contributed by atoms with E-state index >= 15 is 0 Å². The molecule has 0 bridgehead atoms. The molecule has 0 unspecified atom stereocenters. The predicted molar refractivity (Wildman–Crippen MR) is 116 cm³/mol. The van der Waals surface area contributed by atoms with Crippen LogP contribution in [0, 0.1) is 0 Å². The van der Waals surface area contributed by atoms with Gasteiger partial charge in [-0.05, 0) is 54.7 Å². The average molecular weight is 425 g/mol. The number of carbonyl (C=O) groups is 3. The van der Waals surface area contributed by atoms with Crippen molar-refractivity contribution in [3.8, 4) is 5.75 Å². The van der Waals surface area contributed by atoms with Crippen LogP contribution in [0.5, 0.6) is 5.75 Å². The molecule has 31 heavy (non-hydrogen) atoms. The number of hydrogen-bond acceptors (Lipinski definition) is 6. The summed E-state index contributed by atoms with van der Waals surface area (Å²) in [6.45, 7) is -0.210. The molecule has 0 aliphatic heterocycles. The van der Waals surface area contributed by atoms with Gasteiger partial charge in [-0.2, -0.15) is 0 Å². The molecular formula is C24H27NO6. The van der Waals surface area contributed by atoms with Crippen LogP contribution in [0.2, 0.25) is 0 Å². The Morgan fingerprint density at radius 2 is 1.45 bits per heavy atom. The van der Waals surface area contributed by atoms with Gasteiger partial charge in [0.2, 0.25) is 0 Å². The summed E-state index contributed by atoms with van der Waals surface area (Å²) >= 11 is 0. The lowest BCUT2D eigenvalue weighted by atomic mass is 9.84. The zero-order valence-electron chi connectivity index (χ0n) is 17.8. The Morgan fingerprint density at radius 3 is 2.00 bits per heavy atom. The molecule has 1 N–H and O–H groups in total. The molecule has 1 saturated carbocycles. The summed E-state index contributed by atoms with van der Waals surface area (Å²) in [5, 5.41) is 2.63. The number of esters is 2. The molecule has 0 heterocycles. The molecule has 1 aliphatic carbocycles. The number of amides is 1. The fraction of sp³-hybridized carbons (Fsp3) is 0.375. The summed E-state index contributed by atoms with van der Waals surface area (Å²) in [5.74, 6) is -0.467. The summed E-state index contributed by atoms with van der Waals surface area (Å²) in [4.78, 5) is 36.0. The molecule has 0 saturated heterocycles. The number of carbonyl (C=O) groups excluding carboxylic acids is 3. The molecule has 2 aromatic rings. The Balaban J connectivity index is 1.61. The normalized spacial score (nSPS) is 13.9. The van der Waals surface area contributed by atoms with Crippen LogP contribution in [0.25, 0.3) is 0 Å². The molecule has 0 aromatic heterocycles. The first kappa shape index (κ1) is 22.3. The molecular weight excluding hydrogens is 398 g/mol. The van der Waals surface area contributed by atoms with E-state index in [0.29, 0.717) is 11.7 Å². The molecule has 1 amide bonds. The van der Waals surface area contributed by atoms with Gasteiger partial charge in [0.05, 0.1) is 25.3 Å². The monoisotopic (exact) mass is 425 g/mol. The Kier molecular flexibility index (Phi) is 7.65. The van der Waals surface area contributed by atoms with Gasteiger partial charge in [0, 0.05) is 5.69 Å². The number of benzene rings is 2. The fourth-order valence-corrected chi connectivity index (χ4v) is 3.79. The van der Waals surface area contributed by atoms with Crippen LogP contribution in [0.4, 0.5) is 5.69 Å². The largest absolute Gasteiger partial charge is 0.484 e. The summed E-state index contributed by atoms with van der Waals surface area (Å²) in [6, 6.07) is 12.1. The maximum Gasteiger partial charge on any atom is 0.337 e. The van der Waals surface area contributed by atoms with Crippen molar-refractivity contribution in [3.05, 3.63) is 59.2 Å².